The van der Waals surface area contributed by atoms with Gasteiger partial charge >= 0.3 is 11.9 Å². The van der Waals surface area contributed by atoms with Gasteiger partial charge in [-0.25, -0.2) is 9.59 Å². The van der Waals surface area contributed by atoms with Gasteiger partial charge in [0.25, 0.3) is 0 Å². The molecule has 0 spiro atoms. The molecule has 1 aliphatic heterocycles. The summed E-state index contributed by atoms with van der Waals surface area (Å²) in [4.78, 5) is 27.5. The molecule has 5 nitrogen and oxygen atoms in total. The van der Waals surface area contributed by atoms with Crippen LogP contribution in [0.15, 0.2) is 51.5 Å². The van der Waals surface area contributed by atoms with E-state index in [0.717, 1.165) is 15.3 Å². The molecule has 0 atom stereocenters. The highest BCUT2D eigenvalue weighted by Gasteiger charge is 2.38. The van der Waals surface area contributed by atoms with Crippen molar-refractivity contribution in [3.63, 3.8) is 0 Å². The Morgan fingerprint density at radius 2 is 1.61 bits per heavy atom. The maximum Gasteiger partial charge on any atom is 0.336 e. The van der Waals surface area contributed by atoms with Crippen molar-refractivity contribution in [2.24, 2.45) is 0 Å². The van der Waals surface area contributed by atoms with Gasteiger partial charge in [-0.2, -0.15) is 11.3 Å². The maximum atomic E-state index is 12.8. The van der Waals surface area contributed by atoms with Gasteiger partial charge in [-0.15, -0.1) is 11.3 Å². The summed E-state index contributed by atoms with van der Waals surface area (Å²) in [6.07, 6.45) is 0. The number of hydrogen-bond donors (Lipinski definition) is 1. The van der Waals surface area contributed by atoms with Gasteiger partial charge in [-0.3, -0.25) is 0 Å². The summed E-state index contributed by atoms with van der Waals surface area (Å²) in [7, 11) is 0. The van der Waals surface area contributed by atoms with E-state index in [1.165, 1.54) is 0 Å². The SMILES string of the molecule is CCOC(=O)C1=C(C)NC(C)=C(C(=O)OCC)C1c1ccc(-c2ccsc2)s1. The average molecular weight is 418 g/mol. The first-order valence-corrected chi connectivity index (χ1v) is 10.9. The Kier molecular flexibility index (Phi) is 6.36. The zero-order valence-electron chi connectivity index (χ0n) is 16.3. The normalized spacial score (nSPS) is 14.9. The number of esters is 2. The molecule has 0 aromatic carbocycles. The van der Waals surface area contributed by atoms with Gasteiger partial charge in [0.05, 0.1) is 30.3 Å². The van der Waals surface area contributed by atoms with Crippen LogP contribution in [-0.4, -0.2) is 25.2 Å². The fourth-order valence-corrected chi connectivity index (χ4v) is 5.16. The maximum absolute atomic E-state index is 12.8. The van der Waals surface area contributed by atoms with E-state index in [4.69, 9.17) is 9.47 Å². The Bertz CT molecular complexity index is 898. The quantitative estimate of drug-likeness (QED) is 0.682. The molecule has 1 aliphatic rings. The van der Waals surface area contributed by atoms with Crippen LogP contribution in [0.1, 0.15) is 38.5 Å². The molecule has 3 heterocycles. The lowest BCUT2D eigenvalue weighted by Gasteiger charge is -2.29. The van der Waals surface area contributed by atoms with Gasteiger partial charge in [-0.1, -0.05) is 0 Å². The summed E-state index contributed by atoms with van der Waals surface area (Å²) in [6.45, 7) is 7.74. The fraction of sp³-hybridized carbons (Fsp3) is 0.333. The van der Waals surface area contributed by atoms with Crippen LogP contribution in [0.3, 0.4) is 0 Å². The minimum Gasteiger partial charge on any atom is -0.463 e. The molecular formula is C21H23NO4S2. The molecule has 0 bridgehead atoms. The van der Waals surface area contributed by atoms with Gasteiger partial charge in [0.15, 0.2) is 0 Å². The number of rotatable bonds is 6. The first kappa shape index (κ1) is 20.4. The zero-order valence-corrected chi connectivity index (χ0v) is 18.0. The Morgan fingerprint density at radius 1 is 1.00 bits per heavy atom. The number of thiophene rings is 2. The lowest BCUT2D eigenvalue weighted by atomic mass is 9.84. The number of carbonyl (C=O) groups excluding carboxylic acids is 2. The Balaban J connectivity index is 2.12. The van der Waals surface area contributed by atoms with Gasteiger partial charge in [0, 0.05) is 26.7 Å². The lowest BCUT2D eigenvalue weighted by molar-refractivity contribution is -0.139. The second-order valence-electron chi connectivity index (χ2n) is 6.29. The van der Waals surface area contributed by atoms with E-state index >= 15 is 0 Å². The lowest BCUT2D eigenvalue weighted by Crippen LogP contribution is -2.32. The van der Waals surface area contributed by atoms with Crippen molar-refractivity contribution >= 4 is 34.6 Å². The molecule has 1 N–H and O–H groups in total. The molecule has 0 amide bonds. The van der Waals surface area contributed by atoms with Crippen LogP contribution >= 0.6 is 22.7 Å². The first-order chi connectivity index (χ1) is 13.5. The van der Waals surface area contributed by atoms with Gasteiger partial charge < -0.3 is 14.8 Å². The van der Waals surface area contributed by atoms with Crippen LogP contribution in [0.4, 0.5) is 0 Å². The molecule has 0 fully saturated rings. The number of dihydropyridines is 1. The van der Waals surface area contributed by atoms with Crippen molar-refractivity contribution in [2.75, 3.05) is 13.2 Å². The number of nitrogens with one attached hydrogen (secondary N) is 1. The van der Waals surface area contributed by atoms with Crippen LogP contribution < -0.4 is 5.32 Å². The van der Waals surface area contributed by atoms with Crippen molar-refractivity contribution in [1.82, 2.24) is 5.32 Å². The summed E-state index contributed by atoms with van der Waals surface area (Å²) < 4.78 is 10.6. The minimum atomic E-state index is -0.517. The molecule has 3 rings (SSSR count). The third-order valence-electron chi connectivity index (χ3n) is 4.47. The van der Waals surface area contributed by atoms with E-state index in [1.807, 2.05) is 31.4 Å². The van der Waals surface area contributed by atoms with Gasteiger partial charge in [0.1, 0.15) is 0 Å². The average Bonchev–Trinajstić information content (AvgIpc) is 3.33. The first-order valence-electron chi connectivity index (χ1n) is 9.13. The van der Waals surface area contributed by atoms with Crippen LogP contribution in [0.5, 0.6) is 0 Å². The Labute approximate surface area is 172 Å². The highest BCUT2D eigenvalue weighted by atomic mass is 32.1. The molecule has 148 valence electrons. The summed E-state index contributed by atoms with van der Waals surface area (Å²) in [6, 6.07) is 6.07. The van der Waals surface area contributed by atoms with Gasteiger partial charge in [0.2, 0.25) is 0 Å². The second kappa shape index (κ2) is 8.75. The highest BCUT2D eigenvalue weighted by Crippen LogP contribution is 2.43. The number of allylic oxidation sites excluding steroid dienone is 2. The Hall–Kier alpha value is -2.38. The van der Waals surface area contributed by atoms with Crippen LogP contribution in [0.25, 0.3) is 10.4 Å². The second-order valence-corrected chi connectivity index (χ2v) is 8.19. The number of hydrogen-bond acceptors (Lipinski definition) is 7. The molecule has 2 aromatic heterocycles. The fourth-order valence-electron chi connectivity index (χ4n) is 3.31. The highest BCUT2D eigenvalue weighted by molar-refractivity contribution is 7.16. The third kappa shape index (κ3) is 3.91. The zero-order chi connectivity index (χ0) is 20.3. The Morgan fingerprint density at radius 3 is 2.11 bits per heavy atom. The van der Waals surface area contributed by atoms with Crippen molar-refractivity contribution < 1.29 is 19.1 Å². The number of ether oxygens (including phenoxy) is 2. The summed E-state index contributed by atoms with van der Waals surface area (Å²) >= 11 is 3.21. The van der Waals surface area contributed by atoms with Gasteiger partial charge in [-0.05, 0) is 56.7 Å². The molecule has 28 heavy (non-hydrogen) atoms. The predicted octanol–water partition coefficient (Wildman–Crippen LogP) is 4.84. The van der Waals surface area contributed by atoms with E-state index in [2.05, 4.69) is 16.8 Å². The molecule has 0 aliphatic carbocycles. The topological polar surface area (TPSA) is 64.6 Å². The standard InChI is InChI=1S/C21H23NO4S2/c1-5-25-20(23)17-12(3)22-13(4)18(21(24)26-6-2)19(17)16-8-7-15(28-16)14-9-10-27-11-14/h7-11,19,22H,5-6H2,1-4H3. The summed E-state index contributed by atoms with van der Waals surface area (Å²) in [5, 5.41) is 7.27. The monoisotopic (exact) mass is 417 g/mol. The van der Waals surface area contributed by atoms with E-state index in [9.17, 15) is 9.59 Å². The van der Waals surface area contributed by atoms with Crippen molar-refractivity contribution in [1.29, 1.82) is 0 Å². The molecule has 0 unspecified atom stereocenters. The predicted molar refractivity (Wildman–Crippen MR) is 112 cm³/mol. The largest absolute Gasteiger partial charge is 0.463 e. The van der Waals surface area contributed by atoms with Crippen LogP contribution in [0.2, 0.25) is 0 Å². The molecule has 0 radical (unpaired) electrons. The van der Waals surface area contributed by atoms with Crippen molar-refractivity contribution in [2.45, 2.75) is 33.6 Å². The third-order valence-corrected chi connectivity index (χ3v) is 6.35. The van der Waals surface area contributed by atoms with Crippen LogP contribution in [0, 0.1) is 0 Å². The minimum absolute atomic E-state index is 0.268. The molecule has 0 saturated heterocycles. The van der Waals surface area contributed by atoms with Crippen molar-refractivity contribution in [3.8, 4) is 10.4 Å². The summed E-state index contributed by atoms with van der Waals surface area (Å²) in [5.74, 6) is -1.36. The molecule has 0 saturated carbocycles. The van der Waals surface area contributed by atoms with E-state index in [1.54, 1.807) is 36.5 Å². The number of carbonyl (C=O) groups is 2. The van der Waals surface area contributed by atoms with E-state index in [0.29, 0.717) is 22.5 Å². The van der Waals surface area contributed by atoms with Crippen LogP contribution in [-0.2, 0) is 19.1 Å². The molecule has 7 heteroatoms. The smallest absolute Gasteiger partial charge is 0.336 e. The molecule has 2 aromatic rings. The van der Waals surface area contributed by atoms with E-state index in [-0.39, 0.29) is 13.2 Å². The summed E-state index contributed by atoms with van der Waals surface area (Å²) in [5.41, 5.74) is 3.43. The van der Waals surface area contributed by atoms with E-state index < -0.39 is 17.9 Å². The van der Waals surface area contributed by atoms with Crippen molar-refractivity contribution in [3.05, 3.63) is 56.4 Å². The molecular weight excluding hydrogens is 394 g/mol.